The van der Waals surface area contributed by atoms with Gasteiger partial charge in [0.15, 0.2) is 0 Å². The van der Waals surface area contributed by atoms with Crippen LogP contribution in [0.1, 0.15) is 29.8 Å². The molecule has 0 spiro atoms. The summed E-state index contributed by atoms with van der Waals surface area (Å²) in [4.78, 5) is 0. The smallest absolute Gasteiger partial charge is 0.0766 e. The van der Waals surface area contributed by atoms with Crippen molar-refractivity contribution in [1.82, 2.24) is 9.78 Å². The summed E-state index contributed by atoms with van der Waals surface area (Å²) in [6, 6.07) is 7.90. The minimum absolute atomic E-state index is 0.228. The molecule has 0 aliphatic rings. The Hall–Kier alpha value is -0.510. The maximum atomic E-state index is 6.16. The molecule has 1 aromatic heterocycles. The molecule has 0 N–H and O–H groups in total. The first-order valence-corrected chi connectivity index (χ1v) is 8.29. The predicted octanol–water partition coefficient (Wildman–Crippen LogP) is 4.96. The average molecular weight is 376 g/mol. The highest BCUT2D eigenvalue weighted by molar-refractivity contribution is 9.10. The fourth-order valence-corrected chi connectivity index (χ4v) is 3.56. The molecule has 1 heterocycles. The Kier molecular flexibility index (Phi) is 5.53. The van der Waals surface area contributed by atoms with Crippen LogP contribution in [0, 0.1) is 0 Å². The lowest BCUT2D eigenvalue weighted by atomic mass is 9.96. The molecule has 0 saturated carbocycles. The Morgan fingerprint density at radius 3 is 2.70 bits per heavy atom. The Labute approximate surface area is 138 Å². The van der Waals surface area contributed by atoms with E-state index in [0.717, 1.165) is 28.0 Å². The van der Waals surface area contributed by atoms with Crippen LogP contribution < -0.4 is 0 Å². The molecule has 5 heteroatoms. The summed E-state index contributed by atoms with van der Waals surface area (Å²) in [5.41, 5.74) is 3.42. The van der Waals surface area contributed by atoms with Gasteiger partial charge in [-0.25, -0.2) is 0 Å². The second-order valence-electron chi connectivity index (χ2n) is 4.79. The first kappa shape index (κ1) is 15.9. The zero-order valence-electron chi connectivity index (χ0n) is 11.5. The molecule has 0 saturated heterocycles. The minimum Gasteiger partial charge on any atom is -0.271 e. The molecule has 1 atom stereocenters. The summed E-state index contributed by atoms with van der Waals surface area (Å²) in [5, 5.41) is 5.27. The third-order valence-electron chi connectivity index (χ3n) is 3.45. The standard InChI is InChI=1S/C15H17BrCl2N2/c1-3-13-15(16)14(20(2)19-13)8-11(9-17)10-5-4-6-12(18)7-10/h4-7,11H,3,8-9H2,1-2H3. The van der Waals surface area contributed by atoms with E-state index in [9.17, 15) is 0 Å². The molecule has 0 fully saturated rings. The molecule has 0 amide bonds. The van der Waals surface area contributed by atoms with Crippen LogP contribution in [-0.2, 0) is 19.9 Å². The van der Waals surface area contributed by atoms with Crippen LogP contribution in [0.25, 0.3) is 0 Å². The number of aromatic nitrogens is 2. The molecule has 108 valence electrons. The van der Waals surface area contributed by atoms with Crippen LogP contribution in [0.5, 0.6) is 0 Å². The van der Waals surface area contributed by atoms with Crippen molar-refractivity contribution in [2.45, 2.75) is 25.7 Å². The normalized spacial score (nSPS) is 12.7. The average Bonchev–Trinajstić information content (AvgIpc) is 2.71. The fraction of sp³-hybridized carbons (Fsp3) is 0.400. The lowest BCUT2D eigenvalue weighted by Gasteiger charge is -2.15. The summed E-state index contributed by atoms with van der Waals surface area (Å²) in [5.74, 6) is 0.783. The van der Waals surface area contributed by atoms with Crippen molar-refractivity contribution in [3.63, 3.8) is 0 Å². The SMILES string of the molecule is CCc1nn(C)c(CC(CCl)c2cccc(Cl)c2)c1Br. The molecule has 0 radical (unpaired) electrons. The first-order chi connectivity index (χ1) is 9.56. The number of halogens is 3. The number of hydrogen-bond acceptors (Lipinski definition) is 1. The van der Waals surface area contributed by atoms with Gasteiger partial charge in [-0.2, -0.15) is 5.10 Å². The van der Waals surface area contributed by atoms with Gasteiger partial charge in [0, 0.05) is 23.9 Å². The van der Waals surface area contributed by atoms with E-state index in [1.165, 1.54) is 11.3 Å². The van der Waals surface area contributed by atoms with E-state index < -0.39 is 0 Å². The van der Waals surface area contributed by atoms with Gasteiger partial charge in [0.2, 0.25) is 0 Å². The van der Waals surface area contributed by atoms with Crippen LogP contribution in [0.2, 0.25) is 5.02 Å². The zero-order valence-corrected chi connectivity index (χ0v) is 14.6. The van der Waals surface area contributed by atoms with Gasteiger partial charge in [-0.1, -0.05) is 30.7 Å². The number of nitrogens with zero attached hydrogens (tertiary/aromatic N) is 2. The maximum Gasteiger partial charge on any atom is 0.0766 e. The number of aryl methyl sites for hydroxylation is 2. The van der Waals surface area contributed by atoms with Gasteiger partial charge >= 0.3 is 0 Å². The molecule has 0 aliphatic carbocycles. The third-order valence-corrected chi connectivity index (χ3v) is 4.97. The van der Waals surface area contributed by atoms with Gasteiger partial charge in [-0.15, -0.1) is 11.6 Å². The molecule has 0 bridgehead atoms. The highest BCUT2D eigenvalue weighted by Gasteiger charge is 2.18. The summed E-state index contributed by atoms with van der Waals surface area (Å²) >= 11 is 15.9. The largest absolute Gasteiger partial charge is 0.271 e. The van der Waals surface area contributed by atoms with Crippen LogP contribution in [-0.4, -0.2) is 15.7 Å². The van der Waals surface area contributed by atoms with E-state index in [0.29, 0.717) is 5.88 Å². The zero-order chi connectivity index (χ0) is 14.7. The lowest BCUT2D eigenvalue weighted by Crippen LogP contribution is -2.09. The van der Waals surface area contributed by atoms with Crippen LogP contribution >= 0.6 is 39.1 Å². The van der Waals surface area contributed by atoms with Gasteiger partial charge < -0.3 is 0 Å². The molecule has 2 rings (SSSR count). The van der Waals surface area contributed by atoms with Crippen molar-refractivity contribution in [3.05, 3.63) is 50.7 Å². The summed E-state index contributed by atoms with van der Waals surface area (Å²) < 4.78 is 3.03. The number of benzene rings is 1. The highest BCUT2D eigenvalue weighted by atomic mass is 79.9. The van der Waals surface area contributed by atoms with Gasteiger partial charge in [0.05, 0.1) is 15.9 Å². The summed E-state index contributed by atoms with van der Waals surface area (Å²) in [7, 11) is 1.97. The monoisotopic (exact) mass is 374 g/mol. The second-order valence-corrected chi connectivity index (χ2v) is 6.33. The Bertz CT molecular complexity index is 596. The molecule has 0 aliphatic heterocycles. The third kappa shape index (κ3) is 3.38. The van der Waals surface area contributed by atoms with Crippen molar-refractivity contribution in [1.29, 1.82) is 0 Å². The Morgan fingerprint density at radius 1 is 1.40 bits per heavy atom. The lowest BCUT2D eigenvalue weighted by molar-refractivity contribution is 0.654. The second kappa shape index (κ2) is 6.97. The molecular weight excluding hydrogens is 359 g/mol. The Morgan fingerprint density at radius 2 is 2.15 bits per heavy atom. The highest BCUT2D eigenvalue weighted by Crippen LogP contribution is 2.29. The van der Waals surface area contributed by atoms with E-state index in [1.807, 2.05) is 29.9 Å². The van der Waals surface area contributed by atoms with Crippen LogP contribution in [0.15, 0.2) is 28.7 Å². The first-order valence-electron chi connectivity index (χ1n) is 6.58. The van der Waals surface area contributed by atoms with Gasteiger partial charge in [-0.05, 0) is 46.5 Å². The molecule has 2 aromatic rings. The minimum atomic E-state index is 0.228. The van der Waals surface area contributed by atoms with Gasteiger partial charge in [-0.3, -0.25) is 4.68 Å². The molecular formula is C15H17BrCl2N2. The molecule has 2 nitrogen and oxygen atoms in total. The van der Waals surface area contributed by atoms with Crippen molar-refractivity contribution < 1.29 is 0 Å². The quantitative estimate of drug-likeness (QED) is 0.675. The molecule has 1 unspecified atom stereocenters. The maximum absolute atomic E-state index is 6.16. The number of hydrogen-bond donors (Lipinski definition) is 0. The summed E-state index contributed by atoms with van der Waals surface area (Å²) in [6.45, 7) is 2.10. The van der Waals surface area contributed by atoms with E-state index in [2.05, 4.69) is 34.0 Å². The fourth-order valence-electron chi connectivity index (χ4n) is 2.30. The van der Waals surface area contributed by atoms with Crippen molar-refractivity contribution >= 4 is 39.1 Å². The summed E-state index contributed by atoms with van der Waals surface area (Å²) in [6.07, 6.45) is 1.76. The van der Waals surface area contributed by atoms with Crippen molar-refractivity contribution in [2.75, 3.05) is 5.88 Å². The molecule has 1 aromatic carbocycles. The van der Waals surface area contributed by atoms with Crippen LogP contribution in [0.4, 0.5) is 0 Å². The van der Waals surface area contributed by atoms with E-state index >= 15 is 0 Å². The van der Waals surface area contributed by atoms with E-state index in [-0.39, 0.29) is 5.92 Å². The van der Waals surface area contributed by atoms with E-state index in [4.69, 9.17) is 23.2 Å². The van der Waals surface area contributed by atoms with Crippen molar-refractivity contribution in [2.24, 2.45) is 7.05 Å². The molecule has 20 heavy (non-hydrogen) atoms. The van der Waals surface area contributed by atoms with Crippen LogP contribution in [0.3, 0.4) is 0 Å². The topological polar surface area (TPSA) is 17.8 Å². The van der Waals surface area contributed by atoms with Crippen molar-refractivity contribution in [3.8, 4) is 0 Å². The number of rotatable bonds is 5. The Balaban J connectivity index is 2.29. The van der Waals surface area contributed by atoms with Gasteiger partial charge in [0.25, 0.3) is 0 Å². The predicted molar refractivity (Wildman–Crippen MR) is 88.9 cm³/mol. The number of alkyl halides is 1. The van der Waals surface area contributed by atoms with Gasteiger partial charge in [0.1, 0.15) is 0 Å². The van der Waals surface area contributed by atoms with E-state index in [1.54, 1.807) is 0 Å².